The van der Waals surface area contributed by atoms with Gasteiger partial charge in [-0.15, -0.1) is 23.2 Å². The van der Waals surface area contributed by atoms with E-state index in [0.717, 1.165) is 6.42 Å². The van der Waals surface area contributed by atoms with Crippen LogP contribution in [0.1, 0.15) is 27.2 Å². The van der Waals surface area contributed by atoms with Gasteiger partial charge in [-0.05, 0) is 20.3 Å². The molecule has 68 valence electrons. The molecule has 11 heavy (non-hydrogen) atoms. The van der Waals surface area contributed by atoms with E-state index in [1.165, 1.54) is 0 Å². The summed E-state index contributed by atoms with van der Waals surface area (Å²) in [5.41, 5.74) is -0.113. The van der Waals surface area contributed by atoms with Gasteiger partial charge in [-0.25, -0.2) is 0 Å². The first kappa shape index (κ1) is 11.5. The second-order valence-corrected chi connectivity index (χ2v) is 3.82. The summed E-state index contributed by atoms with van der Waals surface area (Å²) in [4.78, 5) is 0. The molecule has 0 aliphatic heterocycles. The molecular weight excluding hydrogens is 181 g/mol. The second-order valence-electron chi connectivity index (χ2n) is 3.28. The zero-order chi connectivity index (χ0) is 8.91. The summed E-state index contributed by atoms with van der Waals surface area (Å²) < 4.78 is 0. The molecule has 1 atom stereocenters. The molecule has 0 aromatic heterocycles. The van der Waals surface area contributed by atoms with Gasteiger partial charge in [-0.2, -0.15) is 0 Å². The highest BCUT2D eigenvalue weighted by Crippen LogP contribution is 2.10. The van der Waals surface area contributed by atoms with Gasteiger partial charge in [0.15, 0.2) is 0 Å². The summed E-state index contributed by atoms with van der Waals surface area (Å²) in [5, 5.41) is 3.38. The maximum absolute atomic E-state index is 5.76. The average molecular weight is 198 g/mol. The Labute approximate surface area is 79.5 Å². The van der Waals surface area contributed by atoms with E-state index in [9.17, 15) is 0 Å². The molecule has 0 aromatic rings. The molecule has 0 heterocycles. The van der Waals surface area contributed by atoms with Gasteiger partial charge in [0.2, 0.25) is 0 Å². The van der Waals surface area contributed by atoms with Crippen molar-refractivity contribution in [2.45, 2.75) is 38.8 Å². The van der Waals surface area contributed by atoms with Gasteiger partial charge < -0.3 is 5.32 Å². The topological polar surface area (TPSA) is 12.0 Å². The monoisotopic (exact) mass is 197 g/mol. The molecule has 0 saturated carbocycles. The lowest BCUT2D eigenvalue weighted by molar-refractivity contribution is 0.375. The predicted molar refractivity (Wildman–Crippen MR) is 52.7 cm³/mol. The Bertz CT molecular complexity index is 102. The quantitative estimate of drug-likeness (QED) is 0.669. The van der Waals surface area contributed by atoms with Crippen LogP contribution < -0.4 is 5.32 Å². The molecule has 0 bridgehead atoms. The van der Waals surface area contributed by atoms with Crippen LogP contribution in [0.15, 0.2) is 0 Å². The molecule has 0 rings (SSSR count). The van der Waals surface area contributed by atoms with E-state index in [4.69, 9.17) is 23.2 Å². The van der Waals surface area contributed by atoms with Gasteiger partial charge in [0.1, 0.15) is 0 Å². The zero-order valence-electron chi connectivity index (χ0n) is 7.45. The largest absolute Gasteiger partial charge is 0.307 e. The third-order valence-electron chi connectivity index (χ3n) is 1.80. The van der Waals surface area contributed by atoms with Gasteiger partial charge in [0, 0.05) is 23.3 Å². The minimum absolute atomic E-state index is 0.113. The van der Waals surface area contributed by atoms with E-state index in [-0.39, 0.29) is 5.54 Å². The van der Waals surface area contributed by atoms with Crippen molar-refractivity contribution in [2.24, 2.45) is 0 Å². The van der Waals surface area contributed by atoms with Crippen LogP contribution in [-0.4, -0.2) is 23.3 Å². The number of hydrogen-bond acceptors (Lipinski definition) is 1. The highest BCUT2D eigenvalue weighted by Gasteiger charge is 2.22. The van der Waals surface area contributed by atoms with Crippen molar-refractivity contribution in [1.29, 1.82) is 0 Å². The Balaban J connectivity index is 3.86. The SMILES string of the molecule is CCC(C)NC(C)(CCl)CCl. The molecule has 0 fully saturated rings. The summed E-state index contributed by atoms with van der Waals surface area (Å²) in [6.07, 6.45) is 1.10. The Hall–Kier alpha value is 0.540. The highest BCUT2D eigenvalue weighted by atomic mass is 35.5. The lowest BCUT2D eigenvalue weighted by Gasteiger charge is -2.29. The van der Waals surface area contributed by atoms with Crippen LogP contribution in [0.25, 0.3) is 0 Å². The summed E-state index contributed by atoms with van der Waals surface area (Å²) in [6, 6.07) is 0.484. The Morgan fingerprint density at radius 3 is 2.09 bits per heavy atom. The van der Waals surface area contributed by atoms with Gasteiger partial charge in [-0.3, -0.25) is 0 Å². The number of halogens is 2. The highest BCUT2D eigenvalue weighted by molar-refractivity contribution is 6.22. The maximum atomic E-state index is 5.76. The molecule has 1 N–H and O–H groups in total. The van der Waals surface area contributed by atoms with E-state index >= 15 is 0 Å². The molecule has 0 spiro atoms. The average Bonchev–Trinajstić information content (AvgIpc) is 2.04. The fourth-order valence-electron chi connectivity index (χ4n) is 0.810. The van der Waals surface area contributed by atoms with Crippen molar-refractivity contribution >= 4 is 23.2 Å². The minimum Gasteiger partial charge on any atom is -0.307 e. The zero-order valence-corrected chi connectivity index (χ0v) is 8.97. The van der Waals surface area contributed by atoms with Crippen LogP contribution in [0.5, 0.6) is 0 Å². The van der Waals surface area contributed by atoms with Crippen LogP contribution in [0.3, 0.4) is 0 Å². The molecule has 3 heteroatoms. The molecule has 0 aliphatic carbocycles. The van der Waals surface area contributed by atoms with Crippen molar-refractivity contribution in [3.8, 4) is 0 Å². The van der Waals surface area contributed by atoms with E-state index in [2.05, 4.69) is 19.2 Å². The van der Waals surface area contributed by atoms with Crippen LogP contribution in [0, 0.1) is 0 Å². The lowest BCUT2D eigenvalue weighted by atomic mass is 10.1. The molecular formula is C8H17Cl2N. The Morgan fingerprint density at radius 2 is 1.82 bits per heavy atom. The third-order valence-corrected chi connectivity index (χ3v) is 2.98. The molecule has 0 amide bonds. The summed E-state index contributed by atoms with van der Waals surface area (Å²) in [6.45, 7) is 6.32. The Morgan fingerprint density at radius 1 is 1.36 bits per heavy atom. The Kier molecular flexibility index (Phi) is 5.49. The normalized spacial score (nSPS) is 15.0. The third kappa shape index (κ3) is 4.19. The van der Waals surface area contributed by atoms with Gasteiger partial charge >= 0.3 is 0 Å². The number of rotatable bonds is 5. The molecule has 0 saturated heterocycles. The van der Waals surface area contributed by atoms with Crippen molar-refractivity contribution < 1.29 is 0 Å². The van der Waals surface area contributed by atoms with Gasteiger partial charge in [-0.1, -0.05) is 6.92 Å². The standard InChI is InChI=1S/C8H17Cl2N/c1-4-7(2)11-8(3,5-9)6-10/h7,11H,4-6H2,1-3H3. The van der Waals surface area contributed by atoms with Crippen LogP contribution in [0.4, 0.5) is 0 Å². The first-order chi connectivity index (χ1) is 5.08. The maximum Gasteiger partial charge on any atom is 0.0427 e. The van der Waals surface area contributed by atoms with E-state index in [0.29, 0.717) is 17.8 Å². The van der Waals surface area contributed by atoms with E-state index in [1.54, 1.807) is 0 Å². The number of alkyl halides is 2. The van der Waals surface area contributed by atoms with Crippen LogP contribution in [0.2, 0.25) is 0 Å². The summed E-state index contributed by atoms with van der Waals surface area (Å²) in [5.74, 6) is 1.11. The number of nitrogens with one attached hydrogen (secondary N) is 1. The van der Waals surface area contributed by atoms with Crippen molar-refractivity contribution in [1.82, 2.24) is 5.32 Å². The molecule has 1 unspecified atom stereocenters. The van der Waals surface area contributed by atoms with Crippen molar-refractivity contribution in [3.05, 3.63) is 0 Å². The summed E-state index contributed by atoms with van der Waals surface area (Å²) >= 11 is 11.5. The van der Waals surface area contributed by atoms with E-state index < -0.39 is 0 Å². The molecule has 0 radical (unpaired) electrons. The fourth-order valence-corrected chi connectivity index (χ4v) is 1.25. The second kappa shape index (κ2) is 5.23. The first-order valence-electron chi connectivity index (χ1n) is 3.97. The van der Waals surface area contributed by atoms with Crippen LogP contribution >= 0.6 is 23.2 Å². The summed E-state index contributed by atoms with van der Waals surface area (Å²) in [7, 11) is 0. The van der Waals surface area contributed by atoms with Gasteiger partial charge in [0.25, 0.3) is 0 Å². The lowest BCUT2D eigenvalue weighted by Crippen LogP contribution is -2.50. The van der Waals surface area contributed by atoms with E-state index in [1.807, 2.05) is 6.92 Å². The van der Waals surface area contributed by atoms with Crippen molar-refractivity contribution in [2.75, 3.05) is 11.8 Å². The minimum atomic E-state index is -0.113. The molecule has 0 aromatic carbocycles. The predicted octanol–water partition coefficient (Wildman–Crippen LogP) is 2.61. The fraction of sp³-hybridized carbons (Fsp3) is 1.00. The van der Waals surface area contributed by atoms with Crippen molar-refractivity contribution in [3.63, 3.8) is 0 Å². The smallest absolute Gasteiger partial charge is 0.0427 e. The van der Waals surface area contributed by atoms with Gasteiger partial charge in [0.05, 0.1) is 0 Å². The number of hydrogen-bond donors (Lipinski definition) is 1. The molecule has 1 nitrogen and oxygen atoms in total. The molecule has 0 aliphatic rings. The van der Waals surface area contributed by atoms with Crippen LogP contribution in [-0.2, 0) is 0 Å². The first-order valence-corrected chi connectivity index (χ1v) is 5.04.